The lowest BCUT2D eigenvalue weighted by atomic mass is 10.2. The molecule has 0 spiro atoms. The van der Waals surface area contributed by atoms with Crippen LogP contribution in [0.4, 0.5) is 0 Å². The standard InChI is InChI=1S/10C7H8.C4H8O2/c10*1-7-5-3-2-4-6-7;1-3-6-4(2)5/h10*2-6H,1H3;3H2,1-2H3. The highest BCUT2D eigenvalue weighted by atomic mass is 16.5. The number of hydrogen-bond donors (Lipinski definition) is 0. The Labute approximate surface area is 461 Å². The molecule has 76 heavy (non-hydrogen) atoms. The fraction of sp³-hybridized carbons (Fsp3) is 0.176. The summed E-state index contributed by atoms with van der Waals surface area (Å²) >= 11 is 0. The van der Waals surface area contributed by atoms with Crippen molar-refractivity contribution in [1.29, 1.82) is 0 Å². The molecule has 0 saturated carbocycles. The second-order valence-corrected chi connectivity index (χ2v) is 17.5. The molecule has 0 aliphatic carbocycles. The Morgan fingerprint density at radius 1 is 0.224 bits per heavy atom. The van der Waals surface area contributed by atoms with Crippen LogP contribution in [0.3, 0.4) is 0 Å². The van der Waals surface area contributed by atoms with Gasteiger partial charge in [-0.15, -0.1) is 0 Å². The van der Waals surface area contributed by atoms with Gasteiger partial charge in [-0.1, -0.05) is 359 Å². The van der Waals surface area contributed by atoms with Crippen molar-refractivity contribution in [1.82, 2.24) is 0 Å². The Balaban J connectivity index is 0.000000814. The third-order valence-corrected chi connectivity index (χ3v) is 9.75. The molecular formula is C74H88O2. The van der Waals surface area contributed by atoms with E-state index in [-0.39, 0.29) is 5.97 Å². The van der Waals surface area contributed by atoms with Crippen molar-refractivity contribution in [3.05, 3.63) is 359 Å². The van der Waals surface area contributed by atoms with Gasteiger partial charge >= 0.3 is 5.97 Å². The van der Waals surface area contributed by atoms with E-state index in [9.17, 15) is 4.79 Å². The maximum absolute atomic E-state index is 9.82. The first-order valence-corrected chi connectivity index (χ1v) is 26.0. The minimum atomic E-state index is -0.211. The van der Waals surface area contributed by atoms with E-state index < -0.39 is 0 Å². The van der Waals surface area contributed by atoms with Crippen LogP contribution < -0.4 is 0 Å². The number of esters is 1. The lowest BCUT2D eigenvalue weighted by Gasteiger charge is -1.89. The van der Waals surface area contributed by atoms with Gasteiger partial charge in [0.25, 0.3) is 0 Å². The maximum atomic E-state index is 9.82. The van der Waals surface area contributed by atoms with Crippen molar-refractivity contribution >= 4 is 5.97 Å². The van der Waals surface area contributed by atoms with E-state index in [0.717, 1.165) is 0 Å². The van der Waals surface area contributed by atoms with Crippen molar-refractivity contribution in [2.45, 2.75) is 83.1 Å². The lowest BCUT2D eigenvalue weighted by molar-refractivity contribution is -0.140. The van der Waals surface area contributed by atoms with E-state index in [2.05, 4.69) is 195 Å². The normalized spacial score (nSPS) is 8.63. The Morgan fingerprint density at radius 2 is 0.316 bits per heavy atom. The number of hydrogen-bond acceptors (Lipinski definition) is 2. The summed E-state index contributed by atoms with van der Waals surface area (Å²) in [6.07, 6.45) is 0. The van der Waals surface area contributed by atoms with Crippen LogP contribution in [0.5, 0.6) is 0 Å². The number of ether oxygens (including phenoxy) is 1. The van der Waals surface area contributed by atoms with Gasteiger partial charge in [0.2, 0.25) is 0 Å². The molecule has 0 aromatic heterocycles. The highest BCUT2D eigenvalue weighted by molar-refractivity contribution is 5.65. The van der Waals surface area contributed by atoms with Crippen LogP contribution in [0.2, 0.25) is 0 Å². The summed E-state index contributed by atoms with van der Waals surface area (Å²) in [5, 5.41) is 0. The van der Waals surface area contributed by atoms with E-state index in [4.69, 9.17) is 0 Å². The van der Waals surface area contributed by atoms with Crippen LogP contribution in [-0.2, 0) is 9.53 Å². The van der Waals surface area contributed by atoms with Crippen molar-refractivity contribution in [2.75, 3.05) is 6.61 Å². The molecule has 2 heteroatoms. The van der Waals surface area contributed by atoms with Gasteiger partial charge in [-0.2, -0.15) is 0 Å². The average Bonchev–Trinajstić information content (AvgIpc) is 3.43. The van der Waals surface area contributed by atoms with Crippen molar-refractivity contribution in [3.63, 3.8) is 0 Å². The van der Waals surface area contributed by atoms with Crippen LogP contribution in [0.25, 0.3) is 0 Å². The quantitative estimate of drug-likeness (QED) is 0.153. The van der Waals surface area contributed by atoms with Crippen LogP contribution in [-0.4, -0.2) is 12.6 Å². The van der Waals surface area contributed by atoms with Crippen molar-refractivity contribution in [2.24, 2.45) is 0 Å². The number of carbonyl (C=O) groups is 1. The molecule has 0 amide bonds. The molecule has 396 valence electrons. The van der Waals surface area contributed by atoms with Gasteiger partial charge in [0.05, 0.1) is 6.61 Å². The van der Waals surface area contributed by atoms with Crippen molar-refractivity contribution < 1.29 is 9.53 Å². The van der Waals surface area contributed by atoms with Crippen molar-refractivity contribution in [3.8, 4) is 0 Å². The van der Waals surface area contributed by atoms with E-state index in [0.29, 0.717) is 6.61 Å². The van der Waals surface area contributed by atoms with Gasteiger partial charge in [0.15, 0.2) is 0 Å². The molecule has 0 saturated heterocycles. The first-order chi connectivity index (χ1) is 36.7. The first kappa shape index (κ1) is 67.7. The highest BCUT2D eigenvalue weighted by Crippen LogP contribution is 1.98. The third-order valence-electron chi connectivity index (χ3n) is 9.75. The average molecular weight is 1010 g/mol. The number of aryl methyl sites for hydroxylation is 10. The van der Waals surface area contributed by atoms with Gasteiger partial charge < -0.3 is 4.74 Å². The van der Waals surface area contributed by atoms with Gasteiger partial charge in [0.1, 0.15) is 0 Å². The fourth-order valence-corrected chi connectivity index (χ4v) is 5.55. The molecule has 0 fully saturated rings. The van der Waals surface area contributed by atoms with E-state index in [1.54, 1.807) is 6.92 Å². The molecule has 10 aromatic carbocycles. The van der Waals surface area contributed by atoms with Crippen LogP contribution in [0, 0.1) is 69.2 Å². The van der Waals surface area contributed by atoms with E-state index in [1.165, 1.54) is 62.6 Å². The highest BCUT2D eigenvalue weighted by Gasteiger charge is 1.82. The molecule has 0 N–H and O–H groups in total. The molecular weight excluding hydrogens is 921 g/mol. The summed E-state index contributed by atoms with van der Waals surface area (Å²) < 4.78 is 4.40. The molecule has 0 aliphatic rings. The zero-order valence-electron chi connectivity index (χ0n) is 47.9. The minimum absolute atomic E-state index is 0.211. The number of rotatable bonds is 1. The van der Waals surface area contributed by atoms with Crippen LogP contribution >= 0.6 is 0 Å². The smallest absolute Gasteiger partial charge is 0.302 e. The second-order valence-electron chi connectivity index (χ2n) is 17.5. The molecule has 0 atom stereocenters. The van der Waals surface area contributed by atoms with Crippen LogP contribution in [0.15, 0.2) is 303 Å². The van der Waals surface area contributed by atoms with Gasteiger partial charge in [-0.05, 0) is 76.2 Å². The van der Waals surface area contributed by atoms with Gasteiger partial charge in [0, 0.05) is 6.92 Å². The Morgan fingerprint density at radius 3 is 0.342 bits per heavy atom. The van der Waals surface area contributed by atoms with E-state index in [1.807, 2.05) is 182 Å². The molecule has 0 heterocycles. The molecule has 0 unspecified atom stereocenters. The monoisotopic (exact) mass is 1010 g/mol. The minimum Gasteiger partial charge on any atom is -0.466 e. The number of carbonyl (C=O) groups excluding carboxylic acids is 1. The fourth-order valence-electron chi connectivity index (χ4n) is 5.55. The van der Waals surface area contributed by atoms with Crippen LogP contribution in [0.1, 0.15) is 69.5 Å². The van der Waals surface area contributed by atoms with E-state index >= 15 is 0 Å². The maximum Gasteiger partial charge on any atom is 0.302 e. The predicted octanol–water partition coefficient (Wildman–Crippen LogP) is 20.5. The summed E-state index contributed by atoms with van der Waals surface area (Å²) in [5.41, 5.74) is 13.2. The summed E-state index contributed by atoms with van der Waals surface area (Å²) in [4.78, 5) is 9.82. The summed E-state index contributed by atoms with van der Waals surface area (Å²) in [6.45, 7) is 24.5. The molecule has 0 bridgehead atoms. The molecule has 10 rings (SSSR count). The molecule has 0 radical (unpaired) electrons. The Kier molecular flexibility index (Phi) is 43.6. The summed E-state index contributed by atoms with van der Waals surface area (Å²) in [6, 6.07) is 103. The largest absolute Gasteiger partial charge is 0.466 e. The number of benzene rings is 10. The topological polar surface area (TPSA) is 26.3 Å². The molecule has 2 nitrogen and oxygen atoms in total. The SMILES string of the molecule is CCOC(C)=O.Cc1ccccc1.Cc1ccccc1.Cc1ccccc1.Cc1ccccc1.Cc1ccccc1.Cc1ccccc1.Cc1ccccc1.Cc1ccccc1.Cc1ccccc1.Cc1ccccc1. The zero-order chi connectivity index (χ0) is 56.1. The zero-order valence-corrected chi connectivity index (χ0v) is 47.9. The molecule has 0 aliphatic heterocycles. The van der Waals surface area contributed by atoms with Gasteiger partial charge in [-0.25, -0.2) is 0 Å². The third kappa shape index (κ3) is 49.3. The Hall–Kier alpha value is -8.33. The first-order valence-electron chi connectivity index (χ1n) is 26.0. The van der Waals surface area contributed by atoms with Gasteiger partial charge in [-0.3, -0.25) is 4.79 Å². The predicted molar refractivity (Wildman–Crippen MR) is 334 cm³/mol. The summed E-state index contributed by atoms with van der Waals surface area (Å²) in [7, 11) is 0. The summed E-state index contributed by atoms with van der Waals surface area (Å²) in [5.74, 6) is -0.211. The molecule has 10 aromatic rings. The Bertz CT molecular complexity index is 2080. The lowest BCUT2D eigenvalue weighted by Crippen LogP contribution is -1.95. The second kappa shape index (κ2) is 48.9.